The van der Waals surface area contributed by atoms with Gasteiger partial charge in [0.2, 0.25) is 0 Å². The molecule has 0 atom stereocenters. The topological polar surface area (TPSA) is 28.7 Å². The zero-order chi connectivity index (χ0) is 12.0. The fraction of sp³-hybridized carbons (Fsp3) is 0.0833. The van der Waals surface area contributed by atoms with Gasteiger partial charge in [-0.25, -0.2) is 4.98 Å². The van der Waals surface area contributed by atoms with Gasteiger partial charge in [0.1, 0.15) is 0 Å². The molecule has 1 aromatic carbocycles. The van der Waals surface area contributed by atoms with Crippen molar-refractivity contribution in [3.8, 4) is 0 Å². The minimum Gasteiger partial charge on any atom is -0.353 e. The fourth-order valence-corrected chi connectivity index (χ4v) is 1.99. The van der Waals surface area contributed by atoms with Crippen molar-refractivity contribution in [3.05, 3.63) is 42.2 Å². The van der Waals surface area contributed by atoms with E-state index in [2.05, 4.69) is 9.97 Å². The third kappa shape index (κ3) is 1.46. The summed E-state index contributed by atoms with van der Waals surface area (Å²) in [7, 11) is 0. The molecule has 86 valence electrons. The Hall–Kier alpha value is -2.04. The van der Waals surface area contributed by atoms with Crippen molar-refractivity contribution in [1.82, 2.24) is 9.97 Å². The normalized spacial score (nSPS) is 12.4. The van der Waals surface area contributed by atoms with Crippen LogP contribution in [0.5, 0.6) is 0 Å². The lowest BCUT2D eigenvalue weighted by Crippen LogP contribution is -2.08. The molecular formula is C12H7F3N2. The summed E-state index contributed by atoms with van der Waals surface area (Å²) in [5.74, 6) is 0. The summed E-state index contributed by atoms with van der Waals surface area (Å²) in [6, 6.07) is 8.69. The maximum absolute atomic E-state index is 12.8. The van der Waals surface area contributed by atoms with E-state index < -0.39 is 11.9 Å². The number of fused-ring (bicyclic) bond motifs is 3. The monoisotopic (exact) mass is 236 g/mol. The van der Waals surface area contributed by atoms with Gasteiger partial charge in [0, 0.05) is 22.5 Å². The number of aromatic amines is 1. The molecule has 5 heteroatoms. The predicted molar refractivity (Wildman–Crippen MR) is 58.6 cm³/mol. The van der Waals surface area contributed by atoms with E-state index in [1.165, 1.54) is 6.20 Å². The molecule has 3 aromatic rings. The van der Waals surface area contributed by atoms with Crippen LogP contribution in [-0.2, 0) is 6.18 Å². The van der Waals surface area contributed by atoms with Crippen molar-refractivity contribution in [2.75, 3.05) is 0 Å². The van der Waals surface area contributed by atoms with E-state index in [0.29, 0.717) is 10.9 Å². The quantitative estimate of drug-likeness (QED) is 0.632. The maximum atomic E-state index is 12.8. The molecule has 0 unspecified atom stereocenters. The number of alkyl halides is 3. The van der Waals surface area contributed by atoms with Crippen LogP contribution in [0.4, 0.5) is 13.2 Å². The van der Waals surface area contributed by atoms with E-state index in [4.69, 9.17) is 0 Å². The van der Waals surface area contributed by atoms with Crippen LogP contribution < -0.4 is 0 Å². The van der Waals surface area contributed by atoms with Gasteiger partial charge in [-0.3, -0.25) is 0 Å². The summed E-state index contributed by atoms with van der Waals surface area (Å²) in [4.78, 5) is 6.19. The largest absolute Gasteiger partial charge is 0.435 e. The number of benzene rings is 1. The fourth-order valence-electron chi connectivity index (χ4n) is 1.99. The van der Waals surface area contributed by atoms with Crippen molar-refractivity contribution < 1.29 is 13.2 Å². The molecular weight excluding hydrogens is 229 g/mol. The summed E-state index contributed by atoms with van der Waals surface area (Å²) in [6.45, 7) is 0. The lowest BCUT2D eigenvalue weighted by atomic mass is 10.1. The number of rotatable bonds is 0. The second-order valence-electron chi connectivity index (χ2n) is 3.75. The van der Waals surface area contributed by atoms with Crippen LogP contribution in [0, 0.1) is 0 Å². The Morgan fingerprint density at radius 2 is 1.76 bits per heavy atom. The lowest BCUT2D eigenvalue weighted by molar-refractivity contribution is -0.139. The van der Waals surface area contributed by atoms with Gasteiger partial charge in [-0.2, -0.15) is 13.2 Å². The molecule has 0 radical (unpaired) electrons. The van der Waals surface area contributed by atoms with E-state index in [1.807, 2.05) is 0 Å². The van der Waals surface area contributed by atoms with E-state index in [0.717, 1.165) is 5.39 Å². The van der Waals surface area contributed by atoms with Crippen LogP contribution in [0.1, 0.15) is 5.69 Å². The maximum Gasteiger partial charge on any atom is 0.435 e. The predicted octanol–water partition coefficient (Wildman–Crippen LogP) is 3.73. The molecule has 0 aliphatic rings. The molecule has 17 heavy (non-hydrogen) atoms. The van der Waals surface area contributed by atoms with E-state index in [9.17, 15) is 13.2 Å². The first kappa shape index (κ1) is 10.1. The van der Waals surface area contributed by atoms with Crippen molar-refractivity contribution in [2.45, 2.75) is 6.18 Å². The Morgan fingerprint density at radius 1 is 1.00 bits per heavy atom. The molecule has 0 amide bonds. The standard InChI is InChI=1S/C12H7F3N2/c13-12(14,15)11-10-8(5-6-16-11)7-3-1-2-4-9(7)17-10/h1-6,17H. The van der Waals surface area contributed by atoms with E-state index >= 15 is 0 Å². The lowest BCUT2D eigenvalue weighted by Gasteiger charge is -2.05. The van der Waals surface area contributed by atoms with Gasteiger partial charge in [-0.15, -0.1) is 0 Å². The summed E-state index contributed by atoms with van der Waals surface area (Å²) in [5.41, 5.74) is -0.145. The van der Waals surface area contributed by atoms with Gasteiger partial charge in [-0.05, 0) is 12.1 Å². The number of aromatic nitrogens is 2. The molecule has 0 bridgehead atoms. The summed E-state index contributed by atoms with van der Waals surface area (Å²) in [5, 5.41) is 1.32. The molecule has 2 aromatic heterocycles. The Bertz CT molecular complexity index is 698. The van der Waals surface area contributed by atoms with Crippen LogP contribution >= 0.6 is 0 Å². The first-order valence-electron chi connectivity index (χ1n) is 5.00. The van der Waals surface area contributed by atoms with Gasteiger partial charge in [0.05, 0.1) is 5.52 Å². The number of nitrogens with one attached hydrogen (secondary N) is 1. The van der Waals surface area contributed by atoms with E-state index in [-0.39, 0.29) is 5.52 Å². The highest BCUT2D eigenvalue weighted by atomic mass is 19.4. The molecule has 2 nitrogen and oxygen atoms in total. The number of hydrogen-bond acceptors (Lipinski definition) is 1. The number of pyridine rings is 1. The summed E-state index contributed by atoms with van der Waals surface area (Å²) < 4.78 is 38.3. The molecule has 1 N–H and O–H groups in total. The molecule has 0 aliphatic heterocycles. The number of halogens is 3. The smallest absolute Gasteiger partial charge is 0.353 e. The third-order valence-corrected chi connectivity index (χ3v) is 2.70. The number of H-pyrrole nitrogens is 1. The number of hydrogen-bond donors (Lipinski definition) is 1. The van der Waals surface area contributed by atoms with Crippen LogP contribution in [0.15, 0.2) is 36.5 Å². The third-order valence-electron chi connectivity index (χ3n) is 2.70. The van der Waals surface area contributed by atoms with Gasteiger partial charge in [-0.1, -0.05) is 18.2 Å². The van der Waals surface area contributed by atoms with Gasteiger partial charge < -0.3 is 4.98 Å². The Kier molecular flexibility index (Phi) is 1.92. The zero-order valence-corrected chi connectivity index (χ0v) is 8.55. The molecule has 0 saturated heterocycles. The highest BCUT2D eigenvalue weighted by molar-refractivity contribution is 6.07. The first-order chi connectivity index (χ1) is 8.07. The Balaban J connectivity index is 2.48. The highest BCUT2D eigenvalue weighted by Gasteiger charge is 2.35. The zero-order valence-electron chi connectivity index (χ0n) is 8.55. The van der Waals surface area contributed by atoms with E-state index in [1.54, 1.807) is 30.3 Å². The summed E-state index contributed by atoms with van der Waals surface area (Å²) in [6.07, 6.45) is -3.26. The Labute approximate surface area is 94.1 Å². The molecule has 0 spiro atoms. The first-order valence-corrected chi connectivity index (χ1v) is 5.00. The second-order valence-corrected chi connectivity index (χ2v) is 3.75. The molecule has 2 heterocycles. The minimum absolute atomic E-state index is 0.0428. The van der Waals surface area contributed by atoms with Crippen LogP contribution in [0.25, 0.3) is 21.8 Å². The molecule has 3 rings (SSSR count). The highest BCUT2D eigenvalue weighted by Crippen LogP contribution is 2.35. The number of para-hydroxylation sites is 1. The van der Waals surface area contributed by atoms with Crippen molar-refractivity contribution in [3.63, 3.8) is 0 Å². The van der Waals surface area contributed by atoms with Crippen molar-refractivity contribution >= 4 is 21.8 Å². The minimum atomic E-state index is -4.44. The molecule has 0 fully saturated rings. The molecule has 0 aliphatic carbocycles. The van der Waals surface area contributed by atoms with Crippen LogP contribution in [0.2, 0.25) is 0 Å². The average molecular weight is 236 g/mol. The van der Waals surface area contributed by atoms with Crippen molar-refractivity contribution in [2.24, 2.45) is 0 Å². The van der Waals surface area contributed by atoms with Crippen LogP contribution in [0.3, 0.4) is 0 Å². The molecule has 0 saturated carbocycles. The van der Waals surface area contributed by atoms with Gasteiger partial charge in [0.25, 0.3) is 0 Å². The number of nitrogens with zero attached hydrogens (tertiary/aromatic N) is 1. The summed E-state index contributed by atoms with van der Waals surface area (Å²) >= 11 is 0. The second kappa shape index (κ2) is 3.23. The SMILES string of the molecule is FC(F)(F)c1nccc2c1[nH]c1ccccc12. The average Bonchev–Trinajstić information content (AvgIpc) is 2.65. The van der Waals surface area contributed by atoms with Crippen molar-refractivity contribution in [1.29, 1.82) is 0 Å². The van der Waals surface area contributed by atoms with Gasteiger partial charge >= 0.3 is 6.18 Å². The van der Waals surface area contributed by atoms with Crippen LogP contribution in [-0.4, -0.2) is 9.97 Å². The van der Waals surface area contributed by atoms with Gasteiger partial charge in [0.15, 0.2) is 5.69 Å². The Morgan fingerprint density at radius 3 is 2.53 bits per heavy atom.